The molecular formula is C14H19BrClNO. The first-order valence-corrected chi connectivity index (χ1v) is 7.45. The molecule has 0 saturated carbocycles. The van der Waals surface area contributed by atoms with Gasteiger partial charge in [-0.15, -0.1) is 11.6 Å². The minimum absolute atomic E-state index is 0.0602. The number of benzene rings is 1. The Hall–Kier alpha value is -0.540. The summed E-state index contributed by atoms with van der Waals surface area (Å²) in [7, 11) is 0. The standard InChI is InChI=1S/C14H19BrClNO/c1-4-14(5-2,9-16)17-13(18)11-6-7-12(15)10(3)8-11/h6-8H,4-5,9H2,1-3H3,(H,17,18). The van der Waals surface area contributed by atoms with Crippen molar-refractivity contribution >= 4 is 33.4 Å². The van der Waals surface area contributed by atoms with Gasteiger partial charge in [-0.1, -0.05) is 29.8 Å². The molecule has 0 aliphatic rings. The SMILES string of the molecule is CCC(CC)(CCl)NC(=O)c1ccc(Br)c(C)c1. The maximum Gasteiger partial charge on any atom is 0.251 e. The summed E-state index contributed by atoms with van der Waals surface area (Å²) in [5.41, 5.74) is 1.42. The van der Waals surface area contributed by atoms with E-state index in [-0.39, 0.29) is 11.4 Å². The normalized spacial score (nSPS) is 11.4. The van der Waals surface area contributed by atoms with Gasteiger partial charge in [-0.05, 0) is 43.5 Å². The molecule has 4 heteroatoms. The van der Waals surface area contributed by atoms with Gasteiger partial charge in [0.25, 0.3) is 5.91 Å². The van der Waals surface area contributed by atoms with Gasteiger partial charge in [-0.2, -0.15) is 0 Å². The minimum atomic E-state index is -0.306. The smallest absolute Gasteiger partial charge is 0.251 e. The van der Waals surface area contributed by atoms with Gasteiger partial charge in [-0.25, -0.2) is 0 Å². The lowest BCUT2D eigenvalue weighted by Gasteiger charge is -2.30. The van der Waals surface area contributed by atoms with Gasteiger partial charge in [0, 0.05) is 15.9 Å². The summed E-state index contributed by atoms with van der Waals surface area (Å²) in [5, 5.41) is 3.06. The van der Waals surface area contributed by atoms with Crippen LogP contribution < -0.4 is 5.32 Å². The van der Waals surface area contributed by atoms with Gasteiger partial charge in [-0.3, -0.25) is 4.79 Å². The van der Waals surface area contributed by atoms with E-state index in [9.17, 15) is 4.79 Å². The summed E-state index contributed by atoms with van der Waals surface area (Å²) < 4.78 is 1.01. The fourth-order valence-electron chi connectivity index (χ4n) is 1.75. The molecule has 2 nitrogen and oxygen atoms in total. The van der Waals surface area contributed by atoms with Crippen LogP contribution in [0.2, 0.25) is 0 Å². The van der Waals surface area contributed by atoms with Crippen LogP contribution in [0, 0.1) is 6.92 Å². The molecule has 0 aromatic heterocycles. The zero-order chi connectivity index (χ0) is 13.8. The lowest BCUT2D eigenvalue weighted by molar-refractivity contribution is 0.0902. The topological polar surface area (TPSA) is 29.1 Å². The highest BCUT2D eigenvalue weighted by Crippen LogP contribution is 2.20. The first-order chi connectivity index (χ1) is 8.48. The second-order valence-corrected chi connectivity index (χ2v) is 5.66. The molecule has 0 heterocycles. The van der Waals surface area contributed by atoms with Crippen molar-refractivity contribution in [2.24, 2.45) is 0 Å². The van der Waals surface area contributed by atoms with E-state index >= 15 is 0 Å². The molecule has 1 amide bonds. The highest BCUT2D eigenvalue weighted by Gasteiger charge is 2.27. The number of carbonyl (C=O) groups excluding carboxylic acids is 1. The quantitative estimate of drug-likeness (QED) is 0.801. The second-order valence-electron chi connectivity index (χ2n) is 4.54. The largest absolute Gasteiger partial charge is 0.345 e. The predicted octanol–water partition coefficient (Wildman–Crippen LogP) is 4.28. The van der Waals surface area contributed by atoms with E-state index in [1.807, 2.05) is 39.0 Å². The van der Waals surface area contributed by atoms with Crippen molar-refractivity contribution < 1.29 is 4.79 Å². The Labute approximate surface area is 122 Å². The van der Waals surface area contributed by atoms with Crippen molar-refractivity contribution in [3.8, 4) is 0 Å². The van der Waals surface area contributed by atoms with Gasteiger partial charge in [0.15, 0.2) is 0 Å². The van der Waals surface area contributed by atoms with E-state index in [1.54, 1.807) is 0 Å². The van der Waals surface area contributed by atoms with Crippen LogP contribution in [0.4, 0.5) is 0 Å². The highest BCUT2D eigenvalue weighted by atomic mass is 79.9. The Morgan fingerprint density at radius 1 is 1.39 bits per heavy atom. The minimum Gasteiger partial charge on any atom is -0.345 e. The van der Waals surface area contributed by atoms with Gasteiger partial charge >= 0.3 is 0 Å². The zero-order valence-electron chi connectivity index (χ0n) is 11.0. The Bertz CT molecular complexity index is 422. The molecule has 1 aromatic carbocycles. The van der Waals surface area contributed by atoms with Gasteiger partial charge in [0.1, 0.15) is 0 Å². The van der Waals surface area contributed by atoms with Crippen LogP contribution in [0.25, 0.3) is 0 Å². The van der Waals surface area contributed by atoms with Crippen molar-refractivity contribution in [1.82, 2.24) is 5.32 Å². The Balaban J connectivity index is 2.90. The molecule has 0 bridgehead atoms. The monoisotopic (exact) mass is 331 g/mol. The first kappa shape index (κ1) is 15.5. The number of amides is 1. The average molecular weight is 333 g/mol. The van der Waals surface area contributed by atoms with Crippen molar-refractivity contribution in [1.29, 1.82) is 0 Å². The highest BCUT2D eigenvalue weighted by molar-refractivity contribution is 9.10. The van der Waals surface area contributed by atoms with Crippen LogP contribution >= 0.6 is 27.5 Å². The summed E-state index contributed by atoms with van der Waals surface area (Å²) in [6.45, 7) is 6.05. The fourth-order valence-corrected chi connectivity index (χ4v) is 2.44. The fraction of sp³-hybridized carbons (Fsp3) is 0.500. The van der Waals surface area contributed by atoms with Gasteiger partial charge in [0.2, 0.25) is 0 Å². The molecule has 0 fully saturated rings. The Morgan fingerprint density at radius 2 is 2.00 bits per heavy atom. The molecule has 18 heavy (non-hydrogen) atoms. The van der Waals surface area contributed by atoms with Crippen LogP contribution in [0.5, 0.6) is 0 Å². The maximum absolute atomic E-state index is 12.2. The molecule has 0 saturated heterocycles. The Kier molecular flexibility index (Phi) is 5.67. The number of rotatable bonds is 5. The van der Waals surface area contributed by atoms with E-state index in [4.69, 9.17) is 11.6 Å². The summed E-state index contributed by atoms with van der Waals surface area (Å²) in [4.78, 5) is 12.2. The summed E-state index contributed by atoms with van der Waals surface area (Å²) in [6.07, 6.45) is 1.66. The number of alkyl halides is 1. The lowest BCUT2D eigenvalue weighted by Crippen LogP contribution is -2.49. The van der Waals surface area contributed by atoms with E-state index in [1.165, 1.54) is 0 Å². The molecule has 1 aromatic rings. The van der Waals surface area contributed by atoms with E-state index < -0.39 is 0 Å². The van der Waals surface area contributed by atoms with Crippen molar-refractivity contribution in [3.05, 3.63) is 33.8 Å². The molecule has 100 valence electrons. The average Bonchev–Trinajstić information content (AvgIpc) is 2.39. The van der Waals surface area contributed by atoms with Crippen molar-refractivity contribution in [3.63, 3.8) is 0 Å². The van der Waals surface area contributed by atoms with Crippen LogP contribution in [-0.4, -0.2) is 17.3 Å². The Morgan fingerprint density at radius 3 is 2.44 bits per heavy atom. The van der Waals surface area contributed by atoms with Gasteiger partial charge < -0.3 is 5.32 Å². The van der Waals surface area contributed by atoms with E-state index in [0.717, 1.165) is 22.9 Å². The number of carbonyl (C=O) groups is 1. The number of aryl methyl sites for hydroxylation is 1. The zero-order valence-corrected chi connectivity index (χ0v) is 13.4. The predicted molar refractivity (Wildman–Crippen MR) is 80.4 cm³/mol. The molecule has 0 unspecified atom stereocenters. The molecule has 0 aliphatic carbocycles. The van der Waals surface area contributed by atoms with Crippen LogP contribution in [0.15, 0.2) is 22.7 Å². The summed E-state index contributed by atoms with van der Waals surface area (Å²) in [5.74, 6) is 0.372. The van der Waals surface area contributed by atoms with Gasteiger partial charge in [0.05, 0.1) is 5.54 Å². The first-order valence-electron chi connectivity index (χ1n) is 6.12. The summed E-state index contributed by atoms with van der Waals surface area (Å²) >= 11 is 9.42. The molecule has 1 rings (SSSR count). The number of hydrogen-bond acceptors (Lipinski definition) is 1. The molecule has 0 aliphatic heterocycles. The third-order valence-corrected chi connectivity index (χ3v) is 4.81. The number of halogens is 2. The van der Waals surface area contributed by atoms with Crippen molar-refractivity contribution in [2.75, 3.05) is 5.88 Å². The number of hydrogen-bond donors (Lipinski definition) is 1. The van der Waals surface area contributed by atoms with Crippen LogP contribution in [0.1, 0.15) is 42.6 Å². The molecule has 0 radical (unpaired) electrons. The van der Waals surface area contributed by atoms with Crippen molar-refractivity contribution in [2.45, 2.75) is 39.2 Å². The molecule has 0 atom stereocenters. The van der Waals surface area contributed by atoms with E-state index in [2.05, 4.69) is 21.2 Å². The van der Waals surface area contributed by atoms with Crippen LogP contribution in [-0.2, 0) is 0 Å². The maximum atomic E-state index is 12.2. The summed E-state index contributed by atoms with van der Waals surface area (Å²) in [6, 6.07) is 5.59. The third kappa shape index (κ3) is 3.48. The molecule has 1 N–H and O–H groups in total. The van der Waals surface area contributed by atoms with Crippen LogP contribution in [0.3, 0.4) is 0 Å². The molecular weight excluding hydrogens is 314 g/mol. The third-order valence-electron chi connectivity index (χ3n) is 3.41. The molecule has 0 spiro atoms. The van der Waals surface area contributed by atoms with E-state index in [0.29, 0.717) is 11.4 Å². The lowest BCUT2D eigenvalue weighted by atomic mass is 9.94. The number of nitrogens with one attached hydrogen (secondary N) is 1. The second kappa shape index (κ2) is 6.58.